The lowest BCUT2D eigenvalue weighted by molar-refractivity contribution is -0.114. The van der Waals surface area contributed by atoms with E-state index in [-0.39, 0.29) is 5.78 Å². The molecule has 2 aliphatic rings. The topological polar surface area (TPSA) is 29.4 Å². The normalized spacial score (nSPS) is 22.2. The van der Waals surface area contributed by atoms with Crippen molar-refractivity contribution in [3.8, 4) is 0 Å². The molecule has 0 bridgehead atoms. The van der Waals surface area contributed by atoms with Gasteiger partial charge >= 0.3 is 0 Å². The summed E-state index contributed by atoms with van der Waals surface area (Å²) in [5.41, 5.74) is 2.31. The zero-order valence-electron chi connectivity index (χ0n) is 5.50. The molecule has 0 aromatic carbocycles. The highest BCUT2D eigenvalue weighted by atomic mass is 16.1. The predicted molar refractivity (Wildman–Crippen MR) is 39.1 cm³/mol. The molecule has 0 spiro atoms. The monoisotopic (exact) mass is 133 g/mol. The van der Waals surface area contributed by atoms with Crippen molar-refractivity contribution in [2.24, 2.45) is 4.99 Å². The molecule has 0 unspecified atom stereocenters. The summed E-state index contributed by atoms with van der Waals surface area (Å²) in [5, 5.41) is 0. The third kappa shape index (κ3) is 0.727. The molecule has 0 saturated carbocycles. The molecule has 1 aliphatic carbocycles. The van der Waals surface area contributed by atoms with Crippen molar-refractivity contribution in [3.05, 3.63) is 23.3 Å². The minimum atomic E-state index is 0.187. The second-order valence-electron chi connectivity index (χ2n) is 2.50. The van der Waals surface area contributed by atoms with Crippen LogP contribution in [-0.2, 0) is 4.79 Å². The lowest BCUT2D eigenvalue weighted by atomic mass is 10.00. The van der Waals surface area contributed by atoms with E-state index < -0.39 is 0 Å². The summed E-state index contributed by atoms with van der Waals surface area (Å²) in [7, 11) is 0. The molecule has 0 saturated heterocycles. The maximum absolute atomic E-state index is 10.8. The van der Waals surface area contributed by atoms with Gasteiger partial charge in [0.1, 0.15) is 0 Å². The minimum absolute atomic E-state index is 0.187. The Bertz CT molecular complexity index is 271. The van der Waals surface area contributed by atoms with E-state index in [2.05, 4.69) is 4.99 Å². The summed E-state index contributed by atoms with van der Waals surface area (Å²) in [4.78, 5) is 14.9. The number of aliphatic imine (C=N–C) groups is 1. The Balaban J connectivity index is 2.37. The van der Waals surface area contributed by atoms with E-state index in [0.29, 0.717) is 6.42 Å². The molecule has 0 radical (unpaired) electrons. The molecule has 1 heterocycles. The molecule has 50 valence electrons. The zero-order valence-corrected chi connectivity index (χ0v) is 5.50. The summed E-state index contributed by atoms with van der Waals surface area (Å²) in [6.07, 6.45) is 5.85. The first-order chi connectivity index (χ1) is 4.86. The summed E-state index contributed by atoms with van der Waals surface area (Å²) in [6.45, 7) is 0.763. The maximum atomic E-state index is 10.8. The van der Waals surface area contributed by atoms with Crippen LogP contribution < -0.4 is 0 Å². The van der Waals surface area contributed by atoms with Gasteiger partial charge in [0, 0.05) is 12.6 Å². The minimum Gasteiger partial charge on any atom is -0.294 e. The Morgan fingerprint density at radius 2 is 2.20 bits per heavy atom. The Kier molecular flexibility index (Phi) is 1.07. The van der Waals surface area contributed by atoms with Crippen molar-refractivity contribution < 1.29 is 4.79 Å². The van der Waals surface area contributed by atoms with Crippen LogP contribution in [0.15, 0.2) is 28.3 Å². The van der Waals surface area contributed by atoms with Gasteiger partial charge in [-0.05, 0) is 17.2 Å². The first-order valence-electron chi connectivity index (χ1n) is 3.29. The quantitative estimate of drug-likeness (QED) is 0.482. The van der Waals surface area contributed by atoms with Gasteiger partial charge in [-0.15, -0.1) is 0 Å². The Morgan fingerprint density at radius 3 is 3.10 bits per heavy atom. The lowest BCUT2D eigenvalue weighted by Crippen LogP contribution is -2.02. The first kappa shape index (κ1) is 5.59. The summed E-state index contributed by atoms with van der Waals surface area (Å²) >= 11 is 0. The predicted octanol–water partition coefficient (Wildman–Crippen LogP) is 0.896. The van der Waals surface area contributed by atoms with Crippen molar-refractivity contribution >= 4 is 12.0 Å². The van der Waals surface area contributed by atoms with Crippen LogP contribution in [0.1, 0.15) is 6.42 Å². The van der Waals surface area contributed by atoms with Gasteiger partial charge < -0.3 is 0 Å². The maximum Gasteiger partial charge on any atom is 0.160 e. The van der Waals surface area contributed by atoms with Gasteiger partial charge in [-0.3, -0.25) is 9.79 Å². The standard InChI is InChI=1S/C8H7NO/c10-8-2-1-6-4-9-5-7(6)3-8/h1-2,5H,3-4H2. The van der Waals surface area contributed by atoms with E-state index in [9.17, 15) is 4.79 Å². The van der Waals surface area contributed by atoms with Crippen molar-refractivity contribution in [2.45, 2.75) is 6.42 Å². The van der Waals surface area contributed by atoms with Crippen molar-refractivity contribution in [3.63, 3.8) is 0 Å². The molecule has 2 rings (SSSR count). The van der Waals surface area contributed by atoms with E-state index in [4.69, 9.17) is 0 Å². The van der Waals surface area contributed by atoms with Crippen LogP contribution in [0, 0.1) is 0 Å². The number of hydrogen-bond donors (Lipinski definition) is 0. The number of rotatable bonds is 0. The lowest BCUT2D eigenvalue weighted by Gasteiger charge is -2.03. The molecular weight excluding hydrogens is 126 g/mol. The van der Waals surface area contributed by atoms with Crippen LogP contribution in [0.3, 0.4) is 0 Å². The number of carbonyl (C=O) groups is 1. The van der Waals surface area contributed by atoms with Crippen LogP contribution in [0.5, 0.6) is 0 Å². The van der Waals surface area contributed by atoms with Gasteiger partial charge in [-0.2, -0.15) is 0 Å². The second kappa shape index (κ2) is 1.90. The van der Waals surface area contributed by atoms with Gasteiger partial charge in [0.25, 0.3) is 0 Å². The number of hydrogen-bond acceptors (Lipinski definition) is 2. The van der Waals surface area contributed by atoms with E-state index in [1.807, 2.05) is 6.08 Å². The van der Waals surface area contributed by atoms with Gasteiger partial charge in [-0.1, -0.05) is 6.08 Å². The molecule has 2 nitrogen and oxygen atoms in total. The van der Waals surface area contributed by atoms with E-state index in [1.54, 1.807) is 12.3 Å². The molecule has 1 aliphatic heterocycles. The van der Waals surface area contributed by atoms with Crippen LogP contribution in [-0.4, -0.2) is 18.5 Å². The van der Waals surface area contributed by atoms with Crippen molar-refractivity contribution in [2.75, 3.05) is 6.54 Å². The fourth-order valence-corrected chi connectivity index (χ4v) is 1.20. The summed E-state index contributed by atoms with van der Waals surface area (Å²) in [6, 6.07) is 0. The molecule has 0 aromatic rings. The molecule has 0 N–H and O–H groups in total. The number of ketones is 1. The van der Waals surface area contributed by atoms with Gasteiger partial charge in [-0.25, -0.2) is 0 Å². The van der Waals surface area contributed by atoms with Gasteiger partial charge in [0.05, 0.1) is 6.54 Å². The van der Waals surface area contributed by atoms with E-state index in [0.717, 1.165) is 12.1 Å². The average Bonchev–Trinajstić information content (AvgIpc) is 2.33. The van der Waals surface area contributed by atoms with Gasteiger partial charge in [0.2, 0.25) is 0 Å². The third-order valence-electron chi connectivity index (χ3n) is 1.76. The average molecular weight is 133 g/mol. The van der Waals surface area contributed by atoms with Crippen molar-refractivity contribution in [1.82, 2.24) is 0 Å². The summed E-state index contributed by atoms with van der Waals surface area (Å²) in [5.74, 6) is 0.187. The van der Waals surface area contributed by atoms with E-state index in [1.165, 1.54) is 5.57 Å². The van der Waals surface area contributed by atoms with E-state index >= 15 is 0 Å². The highest BCUT2D eigenvalue weighted by molar-refractivity contribution is 6.01. The molecular formula is C8H7NO. The second-order valence-corrected chi connectivity index (χ2v) is 2.50. The van der Waals surface area contributed by atoms with Crippen LogP contribution in [0.25, 0.3) is 0 Å². The third-order valence-corrected chi connectivity index (χ3v) is 1.76. The molecule has 10 heavy (non-hydrogen) atoms. The molecule has 0 fully saturated rings. The number of carbonyl (C=O) groups excluding carboxylic acids is 1. The summed E-state index contributed by atoms with van der Waals surface area (Å²) < 4.78 is 0. The number of allylic oxidation sites excluding steroid dienone is 2. The SMILES string of the molecule is O=C1C=CC2=C(C=NC2)C1. The van der Waals surface area contributed by atoms with Gasteiger partial charge in [0.15, 0.2) is 5.78 Å². The van der Waals surface area contributed by atoms with Crippen LogP contribution >= 0.6 is 0 Å². The first-order valence-corrected chi connectivity index (χ1v) is 3.29. The highest BCUT2D eigenvalue weighted by Crippen LogP contribution is 2.19. The Hall–Kier alpha value is -1.18. The van der Waals surface area contributed by atoms with Crippen molar-refractivity contribution in [1.29, 1.82) is 0 Å². The zero-order chi connectivity index (χ0) is 6.97. The highest BCUT2D eigenvalue weighted by Gasteiger charge is 2.14. The molecule has 0 aromatic heterocycles. The Morgan fingerprint density at radius 1 is 1.30 bits per heavy atom. The van der Waals surface area contributed by atoms with Crippen LogP contribution in [0.2, 0.25) is 0 Å². The molecule has 0 amide bonds. The fourth-order valence-electron chi connectivity index (χ4n) is 1.20. The number of nitrogens with zero attached hydrogens (tertiary/aromatic N) is 1. The fraction of sp³-hybridized carbons (Fsp3) is 0.250. The Labute approximate surface area is 59.0 Å². The smallest absolute Gasteiger partial charge is 0.160 e. The largest absolute Gasteiger partial charge is 0.294 e. The van der Waals surface area contributed by atoms with Crippen LogP contribution in [0.4, 0.5) is 0 Å². The molecule has 2 heteroatoms. The molecule has 0 atom stereocenters.